The van der Waals surface area contributed by atoms with Crippen LogP contribution in [-0.4, -0.2) is 77.7 Å². The van der Waals surface area contributed by atoms with Crippen molar-refractivity contribution >= 4 is 29.4 Å². The molecule has 1 aromatic carbocycles. The summed E-state index contributed by atoms with van der Waals surface area (Å²) in [6, 6.07) is 11.1. The Morgan fingerprint density at radius 1 is 1.16 bits per heavy atom. The van der Waals surface area contributed by atoms with E-state index >= 15 is 0 Å². The number of urea groups is 1. The molecule has 3 rings (SSSR count). The van der Waals surface area contributed by atoms with Crippen molar-refractivity contribution in [2.75, 3.05) is 50.7 Å². The highest BCUT2D eigenvalue weighted by Gasteiger charge is 2.23. The van der Waals surface area contributed by atoms with Crippen molar-refractivity contribution in [3.63, 3.8) is 0 Å². The lowest BCUT2D eigenvalue weighted by molar-refractivity contribution is -0.131. The summed E-state index contributed by atoms with van der Waals surface area (Å²) < 4.78 is 0. The predicted octanol–water partition coefficient (Wildman–Crippen LogP) is 3.05. The van der Waals surface area contributed by atoms with Crippen LogP contribution >= 0.6 is 11.6 Å². The molecule has 32 heavy (non-hydrogen) atoms. The third-order valence-corrected chi connectivity index (χ3v) is 5.59. The van der Waals surface area contributed by atoms with Gasteiger partial charge in [0.25, 0.3) is 0 Å². The van der Waals surface area contributed by atoms with Crippen LogP contribution in [0.4, 0.5) is 10.6 Å². The lowest BCUT2D eigenvalue weighted by Crippen LogP contribution is -2.47. The molecule has 170 valence electrons. The van der Waals surface area contributed by atoms with E-state index in [2.05, 4.69) is 27.0 Å². The van der Waals surface area contributed by atoms with E-state index in [-0.39, 0.29) is 18.5 Å². The van der Waals surface area contributed by atoms with Crippen molar-refractivity contribution in [3.05, 3.63) is 54.1 Å². The van der Waals surface area contributed by atoms with E-state index in [0.717, 1.165) is 30.0 Å². The van der Waals surface area contributed by atoms with Crippen molar-refractivity contribution < 1.29 is 9.59 Å². The molecule has 0 radical (unpaired) electrons. The van der Waals surface area contributed by atoms with Gasteiger partial charge >= 0.3 is 6.03 Å². The van der Waals surface area contributed by atoms with Crippen molar-refractivity contribution in [1.29, 1.82) is 0 Å². The number of rotatable bonds is 7. The highest BCUT2D eigenvalue weighted by atomic mass is 35.5. The van der Waals surface area contributed by atoms with Gasteiger partial charge in [0.15, 0.2) is 5.82 Å². The molecule has 3 amide bonds. The van der Waals surface area contributed by atoms with E-state index in [9.17, 15) is 9.59 Å². The first-order chi connectivity index (χ1) is 15.5. The topological polar surface area (TPSA) is 81.7 Å². The molecule has 1 aromatic heterocycles. The molecule has 1 saturated heterocycles. The quantitative estimate of drug-likeness (QED) is 0.647. The number of carbonyl (C=O) groups is 2. The molecule has 2 heterocycles. The number of hydrogen-bond donors (Lipinski definition) is 1. The number of halogens is 1. The van der Waals surface area contributed by atoms with Gasteiger partial charge in [-0.1, -0.05) is 35.9 Å². The van der Waals surface area contributed by atoms with Gasteiger partial charge in [0.05, 0.1) is 10.7 Å². The smallest absolute Gasteiger partial charge is 0.318 e. The van der Waals surface area contributed by atoms with E-state index in [0.29, 0.717) is 37.7 Å². The molecule has 2 aromatic rings. The van der Waals surface area contributed by atoms with E-state index < -0.39 is 0 Å². The van der Waals surface area contributed by atoms with Gasteiger partial charge in [-0.05, 0) is 31.5 Å². The number of benzene rings is 1. The molecule has 0 aliphatic carbocycles. The molecule has 9 heteroatoms. The maximum absolute atomic E-state index is 12.8. The number of nitrogens with zero attached hydrogens (tertiary/aromatic N) is 5. The number of aromatic nitrogens is 2. The maximum atomic E-state index is 12.8. The van der Waals surface area contributed by atoms with Crippen LogP contribution in [0.5, 0.6) is 0 Å². The Balaban J connectivity index is 1.61. The summed E-state index contributed by atoms with van der Waals surface area (Å²) in [5.74, 6) is 0.700. The van der Waals surface area contributed by atoms with Gasteiger partial charge in [0, 0.05) is 44.8 Å². The monoisotopic (exact) mass is 456 g/mol. The minimum absolute atomic E-state index is 0.0319. The van der Waals surface area contributed by atoms with E-state index in [4.69, 9.17) is 11.6 Å². The molecule has 8 nitrogen and oxygen atoms in total. The van der Waals surface area contributed by atoms with Gasteiger partial charge in [0.2, 0.25) is 5.91 Å². The summed E-state index contributed by atoms with van der Waals surface area (Å²) in [6.45, 7) is 9.01. The van der Waals surface area contributed by atoms with E-state index in [1.807, 2.05) is 43.3 Å². The Kier molecular flexibility index (Phi) is 8.44. The van der Waals surface area contributed by atoms with Crippen LogP contribution in [0, 0.1) is 0 Å². The SMILES string of the molecule is C=CCN(CC(=O)N1CCCN(c2ccc(-c3ccccc3Cl)nn2)CC1)C(=O)NCC. The number of nitrogens with one attached hydrogen (secondary N) is 1. The fourth-order valence-electron chi connectivity index (χ4n) is 3.60. The minimum Gasteiger partial charge on any atom is -0.353 e. The molecular weight excluding hydrogens is 428 g/mol. The summed E-state index contributed by atoms with van der Waals surface area (Å²) in [4.78, 5) is 30.4. The normalized spacial score (nSPS) is 13.9. The summed E-state index contributed by atoms with van der Waals surface area (Å²) in [7, 11) is 0. The first-order valence-corrected chi connectivity index (χ1v) is 11.2. The first-order valence-electron chi connectivity index (χ1n) is 10.8. The molecule has 1 N–H and O–H groups in total. The molecule has 1 aliphatic heterocycles. The third kappa shape index (κ3) is 5.97. The van der Waals surface area contributed by atoms with Crippen LogP contribution in [-0.2, 0) is 4.79 Å². The molecule has 1 fully saturated rings. The number of carbonyl (C=O) groups excluding carboxylic acids is 2. The van der Waals surface area contributed by atoms with Gasteiger partial charge in [-0.2, -0.15) is 0 Å². The molecular formula is C23H29ClN6O2. The van der Waals surface area contributed by atoms with Crippen molar-refractivity contribution in [2.24, 2.45) is 0 Å². The maximum Gasteiger partial charge on any atom is 0.318 e. The van der Waals surface area contributed by atoms with Crippen LogP contribution in [0.3, 0.4) is 0 Å². The first kappa shape index (κ1) is 23.5. The third-order valence-electron chi connectivity index (χ3n) is 5.26. The van der Waals surface area contributed by atoms with Gasteiger partial charge in [-0.3, -0.25) is 4.79 Å². The average molecular weight is 457 g/mol. The number of amides is 3. The van der Waals surface area contributed by atoms with Crippen LogP contribution in [0.25, 0.3) is 11.3 Å². The summed E-state index contributed by atoms with van der Waals surface area (Å²) in [6.07, 6.45) is 2.43. The van der Waals surface area contributed by atoms with Gasteiger partial charge < -0.3 is 20.0 Å². The van der Waals surface area contributed by atoms with Crippen molar-refractivity contribution in [2.45, 2.75) is 13.3 Å². The Labute approximate surface area is 193 Å². The fourth-order valence-corrected chi connectivity index (χ4v) is 3.84. The van der Waals surface area contributed by atoms with Crippen molar-refractivity contribution in [1.82, 2.24) is 25.3 Å². The Morgan fingerprint density at radius 2 is 1.97 bits per heavy atom. The largest absolute Gasteiger partial charge is 0.353 e. The Morgan fingerprint density at radius 3 is 2.66 bits per heavy atom. The molecule has 0 unspecified atom stereocenters. The lowest BCUT2D eigenvalue weighted by atomic mass is 10.1. The zero-order valence-electron chi connectivity index (χ0n) is 18.3. The summed E-state index contributed by atoms with van der Waals surface area (Å²) in [5.41, 5.74) is 1.57. The van der Waals surface area contributed by atoms with Gasteiger partial charge in [-0.15, -0.1) is 16.8 Å². The van der Waals surface area contributed by atoms with Crippen molar-refractivity contribution in [3.8, 4) is 11.3 Å². The van der Waals surface area contributed by atoms with E-state index in [1.165, 1.54) is 4.90 Å². The highest BCUT2D eigenvalue weighted by Crippen LogP contribution is 2.26. The summed E-state index contributed by atoms with van der Waals surface area (Å²) >= 11 is 6.26. The number of hydrogen-bond acceptors (Lipinski definition) is 5. The predicted molar refractivity (Wildman–Crippen MR) is 127 cm³/mol. The molecule has 0 spiro atoms. The molecule has 1 aliphatic rings. The number of anilines is 1. The van der Waals surface area contributed by atoms with Crippen LogP contribution in [0.1, 0.15) is 13.3 Å². The standard InChI is InChI=1S/C23H29ClN6O2/c1-3-12-30(23(32)25-4-2)17-22(31)29-14-7-13-28(15-16-29)21-11-10-20(26-27-21)18-8-5-6-9-19(18)24/h3,5-6,8-11H,1,4,7,12-17H2,2H3,(H,25,32). The summed E-state index contributed by atoms with van der Waals surface area (Å²) in [5, 5.41) is 12.1. The minimum atomic E-state index is -0.258. The van der Waals surface area contributed by atoms with Gasteiger partial charge in [0.1, 0.15) is 6.54 Å². The second kappa shape index (κ2) is 11.5. The fraction of sp³-hybridized carbons (Fsp3) is 0.391. The van der Waals surface area contributed by atoms with E-state index in [1.54, 1.807) is 11.0 Å². The Hall–Kier alpha value is -3.13. The second-order valence-corrected chi connectivity index (χ2v) is 7.89. The van der Waals surface area contributed by atoms with Crippen LogP contribution < -0.4 is 10.2 Å². The second-order valence-electron chi connectivity index (χ2n) is 7.48. The zero-order chi connectivity index (χ0) is 22.9. The van der Waals surface area contributed by atoms with Crippen LogP contribution in [0.15, 0.2) is 49.1 Å². The highest BCUT2D eigenvalue weighted by molar-refractivity contribution is 6.33. The van der Waals surface area contributed by atoms with Gasteiger partial charge in [-0.25, -0.2) is 4.79 Å². The lowest BCUT2D eigenvalue weighted by Gasteiger charge is -2.26. The molecule has 0 atom stereocenters. The Bertz CT molecular complexity index is 936. The zero-order valence-corrected chi connectivity index (χ0v) is 19.1. The molecule has 0 bridgehead atoms. The van der Waals surface area contributed by atoms with Crippen LogP contribution in [0.2, 0.25) is 5.02 Å². The average Bonchev–Trinajstić information content (AvgIpc) is 3.06. The molecule has 0 saturated carbocycles.